The minimum Gasteiger partial charge on any atom is -0.390 e. The van der Waals surface area contributed by atoms with Crippen LogP contribution in [0.5, 0.6) is 0 Å². The van der Waals surface area contributed by atoms with E-state index in [0.29, 0.717) is 18.4 Å². The summed E-state index contributed by atoms with van der Waals surface area (Å²) in [5.41, 5.74) is 5.54. The molecule has 2 rings (SSSR count). The summed E-state index contributed by atoms with van der Waals surface area (Å²) >= 11 is 0. The van der Waals surface area contributed by atoms with Crippen molar-refractivity contribution in [1.82, 2.24) is 0 Å². The van der Waals surface area contributed by atoms with Crippen molar-refractivity contribution in [1.29, 1.82) is 0 Å². The fourth-order valence-electron chi connectivity index (χ4n) is 2.70. The average molecular weight is 194 g/mol. The number of hydrogen-bond donors (Lipinski definition) is 3. The third-order valence-electron chi connectivity index (χ3n) is 3.36. The zero-order valence-corrected chi connectivity index (χ0v) is 7.70. The van der Waals surface area contributed by atoms with E-state index >= 15 is 0 Å². The Morgan fingerprint density at radius 3 is 2.25 bits per heavy atom. The highest BCUT2D eigenvalue weighted by Gasteiger charge is 2.50. The summed E-state index contributed by atoms with van der Waals surface area (Å²) < 4.78 is 0. The third-order valence-corrected chi connectivity index (χ3v) is 3.36. The molecule has 0 spiro atoms. The molecule has 4 heteroatoms. The Morgan fingerprint density at radius 1 is 1.17 bits per heavy atom. The molecule has 72 valence electrons. The second-order valence-electron chi connectivity index (χ2n) is 3.87. The molecule has 0 saturated heterocycles. The first-order chi connectivity index (χ1) is 5.24. The maximum atomic E-state index is 9.48. The van der Waals surface area contributed by atoms with Crippen LogP contribution in [0, 0.1) is 17.8 Å². The Morgan fingerprint density at radius 2 is 1.83 bits per heavy atom. The molecule has 4 N–H and O–H groups in total. The molecule has 0 aromatic rings. The van der Waals surface area contributed by atoms with Gasteiger partial charge >= 0.3 is 0 Å². The van der Waals surface area contributed by atoms with Crippen molar-refractivity contribution < 1.29 is 10.2 Å². The number of nitrogens with two attached hydrogens (primary N) is 1. The van der Waals surface area contributed by atoms with Crippen LogP contribution in [0.3, 0.4) is 0 Å². The van der Waals surface area contributed by atoms with Gasteiger partial charge < -0.3 is 15.9 Å². The first kappa shape index (κ1) is 10.3. The summed E-state index contributed by atoms with van der Waals surface area (Å²) in [6.45, 7) is 0.658. The molecule has 0 aromatic heterocycles. The first-order valence-electron chi connectivity index (χ1n) is 4.30. The van der Waals surface area contributed by atoms with Gasteiger partial charge in [0.15, 0.2) is 0 Å². The molecule has 2 aliphatic rings. The van der Waals surface area contributed by atoms with Crippen molar-refractivity contribution in [3.05, 3.63) is 0 Å². The number of hydrogen-bond acceptors (Lipinski definition) is 3. The molecule has 0 unspecified atom stereocenters. The van der Waals surface area contributed by atoms with Crippen molar-refractivity contribution in [3.8, 4) is 0 Å². The molecule has 0 aromatic carbocycles. The van der Waals surface area contributed by atoms with Gasteiger partial charge in [-0.1, -0.05) is 0 Å². The predicted molar refractivity (Wildman–Crippen MR) is 48.0 cm³/mol. The molecule has 12 heavy (non-hydrogen) atoms. The second kappa shape index (κ2) is 3.50. The number of rotatable bonds is 1. The standard InChI is InChI=1S/C8H15NO2.ClH/c9-3-5-1-4-2-6(5)8(11)7(4)10;/h4-8,10-11H,1-3,9H2;1H/t4-,5-,6-,7+,8-;/m0./s1. The summed E-state index contributed by atoms with van der Waals surface area (Å²) in [5.74, 6) is 1.06. The lowest BCUT2D eigenvalue weighted by atomic mass is 9.85. The summed E-state index contributed by atoms with van der Waals surface area (Å²) in [6.07, 6.45) is 1.02. The van der Waals surface area contributed by atoms with E-state index in [-0.39, 0.29) is 18.3 Å². The van der Waals surface area contributed by atoms with Crippen LogP contribution in [0.4, 0.5) is 0 Å². The second-order valence-corrected chi connectivity index (χ2v) is 3.87. The molecule has 0 radical (unpaired) electrons. The number of halogens is 1. The zero-order chi connectivity index (χ0) is 8.01. The van der Waals surface area contributed by atoms with Crippen molar-refractivity contribution in [2.45, 2.75) is 25.0 Å². The quantitative estimate of drug-likeness (QED) is 0.538. The minimum absolute atomic E-state index is 0. The van der Waals surface area contributed by atoms with Gasteiger partial charge in [-0.15, -0.1) is 12.4 Å². The van der Waals surface area contributed by atoms with Crippen molar-refractivity contribution in [3.63, 3.8) is 0 Å². The van der Waals surface area contributed by atoms with Crippen molar-refractivity contribution in [2.24, 2.45) is 23.5 Å². The van der Waals surface area contributed by atoms with Gasteiger partial charge in [-0.05, 0) is 37.1 Å². The van der Waals surface area contributed by atoms with Crippen LogP contribution in [0.15, 0.2) is 0 Å². The molecule has 2 fully saturated rings. The fourth-order valence-corrected chi connectivity index (χ4v) is 2.70. The van der Waals surface area contributed by atoms with Crippen LogP contribution in [0.25, 0.3) is 0 Å². The summed E-state index contributed by atoms with van der Waals surface area (Å²) in [7, 11) is 0. The molecule has 0 amide bonds. The molecule has 2 bridgehead atoms. The van der Waals surface area contributed by atoms with Crippen LogP contribution >= 0.6 is 12.4 Å². The Kier molecular flexibility index (Phi) is 2.99. The molecule has 3 nitrogen and oxygen atoms in total. The Hall–Kier alpha value is 0.170. The third kappa shape index (κ3) is 1.25. The van der Waals surface area contributed by atoms with E-state index < -0.39 is 12.2 Å². The summed E-state index contributed by atoms with van der Waals surface area (Å²) in [6, 6.07) is 0. The number of aliphatic hydroxyl groups excluding tert-OH is 2. The topological polar surface area (TPSA) is 66.5 Å². The largest absolute Gasteiger partial charge is 0.390 e. The van der Waals surface area contributed by atoms with Crippen LogP contribution in [0.1, 0.15) is 12.8 Å². The van der Waals surface area contributed by atoms with Gasteiger partial charge in [0.05, 0.1) is 12.2 Å². The lowest BCUT2D eigenvalue weighted by Crippen LogP contribution is -2.38. The van der Waals surface area contributed by atoms with E-state index in [1.54, 1.807) is 0 Å². The number of aliphatic hydroxyl groups is 2. The van der Waals surface area contributed by atoms with Crippen molar-refractivity contribution >= 4 is 12.4 Å². The average Bonchev–Trinajstić information content (AvgIpc) is 2.53. The van der Waals surface area contributed by atoms with Crippen LogP contribution in [-0.4, -0.2) is 29.0 Å². The first-order valence-corrected chi connectivity index (χ1v) is 4.30. The van der Waals surface area contributed by atoms with Crippen molar-refractivity contribution in [2.75, 3.05) is 6.54 Å². The molecule has 0 aliphatic heterocycles. The van der Waals surface area contributed by atoms with Gasteiger partial charge in [0.1, 0.15) is 0 Å². The summed E-state index contributed by atoms with van der Waals surface area (Å²) in [5, 5.41) is 18.9. The highest BCUT2D eigenvalue weighted by atomic mass is 35.5. The van der Waals surface area contributed by atoms with Gasteiger partial charge in [-0.25, -0.2) is 0 Å². The van der Waals surface area contributed by atoms with E-state index in [4.69, 9.17) is 5.73 Å². The lowest BCUT2D eigenvalue weighted by Gasteiger charge is -2.28. The van der Waals surface area contributed by atoms with Crippen LogP contribution in [0.2, 0.25) is 0 Å². The highest BCUT2D eigenvalue weighted by Crippen LogP contribution is 2.47. The highest BCUT2D eigenvalue weighted by molar-refractivity contribution is 5.85. The van der Waals surface area contributed by atoms with E-state index in [0.717, 1.165) is 12.8 Å². The Labute approximate surface area is 78.4 Å². The maximum Gasteiger partial charge on any atom is 0.0833 e. The van der Waals surface area contributed by atoms with E-state index in [1.165, 1.54) is 0 Å². The van der Waals surface area contributed by atoms with E-state index in [9.17, 15) is 10.2 Å². The maximum absolute atomic E-state index is 9.48. The fraction of sp³-hybridized carbons (Fsp3) is 1.00. The summed E-state index contributed by atoms with van der Waals surface area (Å²) in [4.78, 5) is 0. The van der Waals surface area contributed by atoms with Gasteiger partial charge in [-0.3, -0.25) is 0 Å². The SMILES string of the molecule is Cl.NC[C@@H]1C[C@H]2C[C@@H]1[C@H](O)[C@@H]2O. The monoisotopic (exact) mass is 193 g/mol. The van der Waals surface area contributed by atoms with Gasteiger partial charge in [0.2, 0.25) is 0 Å². The normalized spacial score (nSPS) is 50.8. The minimum atomic E-state index is -0.498. The lowest BCUT2D eigenvalue weighted by molar-refractivity contribution is -0.0322. The predicted octanol–water partition coefficient (Wildman–Crippen LogP) is -0.255. The van der Waals surface area contributed by atoms with E-state index in [2.05, 4.69) is 0 Å². The Balaban J connectivity index is 0.000000720. The molecule has 5 atom stereocenters. The Bertz CT molecular complexity index is 161. The van der Waals surface area contributed by atoms with Gasteiger partial charge in [0.25, 0.3) is 0 Å². The molecule has 0 heterocycles. The molecule has 2 aliphatic carbocycles. The van der Waals surface area contributed by atoms with Gasteiger partial charge in [-0.2, -0.15) is 0 Å². The van der Waals surface area contributed by atoms with Crippen LogP contribution < -0.4 is 5.73 Å². The smallest absolute Gasteiger partial charge is 0.0833 e. The molecular formula is C8H16ClNO2. The molecule has 2 saturated carbocycles. The number of fused-ring (bicyclic) bond motifs is 2. The van der Waals surface area contributed by atoms with Gasteiger partial charge in [0, 0.05) is 0 Å². The van der Waals surface area contributed by atoms with E-state index in [1.807, 2.05) is 0 Å². The molecular weight excluding hydrogens is 178 g/mol. The van der Waals surface area contributed by atoms with Crippen LogP contribution in [-0.2, 0) is 0 Å². The zero-order valence-electron chi connectivity index (χ0n) is 6.89.